The molecule has 0 aliphatic rings. The van der Waals surface area contributed by atoms with Crippen molar-refractivity contribution in [1.29, 1.82) is 0 Å². The van der Waals surface area contributed by atoms with Crippen molar-refractivity contribution in [2.75, 3.05) is 40.5 Å². The third kappa shape index (κ3) is 4.46. The second kappa shape index (κ2) is 7.42. The van der Waals surface area contributed by atoms with E-state index in [-0.39, 0.29) is 0 Å². The van der Waals surface area contributed by atoms with E-state index in [1.807, 2.05) is 13.8 Å². The number of nitrogens with zero attached hydrogens (tertiary/aromatic N) is 2. The summed E-state index contributed by atoms with van der Waals surface area (Å²) in [5.41, 5.74) is 2.12. The van der Waals surface area contributed by atoms with E-state index < -0.39 is 0 Å². The average Bonchev–Trinajstić information content (AvgIpc) is 2.63. The van der Waals surface area contributed by atoms with E-state index in [1.165, 1.54) is 0 Å². The number of rotatable bonds is 8. The van der Waals surface area contributed by atoms with E-state index in [0.29, 0.717) is 13.2 Å². The van der Waals surface area contributed by atoms with Crippen LogP contribution in [-0.2, 0) is 16.0 Å². The van der Waals surface area contributed by atoms with Gasteiger partial charge in [-0.2, -0.15) is 0 Å². The number of aryl methyl sites for hydroxylation is 2. The van der Waals surface area contributed by atoms with Crippen LogP contribution in [-0.4, -0.2) is 50.6 Å². The highest BCUT2D eigenvalue weighted by molar-refractivity contribution is 5.20. The summed E-state index contributed by atoms with van der Waals surface area (Å²) in [5, 5.41) is 3.97. The number of hydrogen-bond donors (Lipinski definition) is 0. The Hall–Kier alpha value is -0.910. The largest absolute Gasteiger partial charge is 0.383 e. The van der Waals surface area contributed by atoms with E-state index in [9.17, 15) is 0 Å². The normalized spacial score (nSPS) is 11.4. The molecule has 0 aromatic carbocycles. The summed E-state index contributed by atoms with van der Waals surface area (Å²) in [4.78, 5) is 2.28. The summed E-state index contributed by atoms with van der Waals surface area (Å²) >= 11 is 0. The third-order valence-corrected chi connectivity index (χ3v) is 2.79. The molecule has 1 heterocycles. The van der Waals surface area contributed by atoms with E-state index in [1.54, 1.807) is 14.2 Å². The first-order chi connectivity index (χ1) is 8.19. The van der Waals surface area contributed by atoms with Gasteiger partial charge in [0.1, 0.15) is 5.76 Å². The molecule has 0 atom stereocenters. The predicted molar refractivity (Wildman–Crippen MR) is 65.0 cm³/mol. The van der Waals surface area contributed by atoms with Gasteiger partial charge in [0.2, 0.25) is 0 Å². The summed E-state index contributed by atoms with van der Waals surface area (Å²) in [7, 11) is 3.43. The summed E-state index contributed by atoms with van der Waals surface area (Å²) in [6, 6.07) is 0. The first-order valence-corrected chi connectivity index (χ1v) is 5.81. The van der Waals surface area contributed by atoms with Crippen molar-refractivity contribution in [1.82, 2.24) is 10.1 Å². The molecule has 0 radical (unpaired) electrons. The summed E-state index contributed by atoms with van der Waals surface area (Å²) < 4.78 is 15.4. The van der Waals surface area contributed by atoms with Crippen molar-refractivity contribution in [2.24, 2.45) is 0 Å². The van der Waals surface area contributed by atoms with E-state index >= 15 is 0 Å². The van der Waals surface area contributed by atoms with Crippen molar-refractivity contribution in [2.45, 2.75) is 20.4 Å². The molecule has 17 heavy (non-hydrogen) atoms. The quantitative estimate of drug-likeness (QED) is 0.689. The Morgan fingerprint density at radius 3 is 2.12 bits per heavy atom. The molecular formula is C12H22N2O3. The topological polar surface area (TPSA) is 47.7 Å². The van der Waals surface area contributed by atoms with Gasteiger partial charge in [-0.25, -0.2) is 0 Å². The van der Waals surface area contributed by atoms with Crippen molar-refractivity contribution < 1.29 is 14.0 Å². The summed E-state index contributed by atoms with van der Waals surface area (Å²) in [6.45, 7) is 7.93. The average molecular weight is 242 g/mol. The highest BCUT2D eigenvalue weighted by Crippen LogP contribution is 2.14. The Bertz CT molecular complexity index is 298. The minimum atomic E-state index is 0.715. The van der Waals surface area contributed by atoms with Crippen LogP contribution < -0.4 is 0 Å². The maximum Gasteiger partial charge on any atom is 0.138 e. The standard InChI is InChI=1S/C12H22N2O3/c1-10-12(11(2)17-13-10)9-14(5-7-15-3)6-8-16-4/h5-9H2,1-4H3. The Labute approximate surface area is 103 Å². The van der Waals surface area contributed by atoms with Crippen LogP contribution in [0.3, 0.4) is 0 Å². The molecule has 1 rings (SSSR count). The lowest BCUT2D eigenvalue weighted by molar-refractivity contribution is 0.110. The highest BCUT2D eigenvalue weighted by atomic mass is 16.5. The fraction of sp³-hybridized carbons (Fsp3) is 0.750. The fourth-order valence-electron chi connectivity index (χ4n) is 1.66. The van der Waals surface area contributed by atoms with E-state index in [4.69, 9.17) is 14.0 Å². The molecule has 5 heteroatoms. The zero-order valence-corrected chi connectivity index (χ0v) is 11.2. The van der Waals surface area contributed by atoms with Crippen LogP contribution in [0.15, 0.2) is 4.52 Å². The molecule has 0 bridgehead atoms. The van der Waals surface area contributed by atoms with Crippen LogP contribution in [0.5, 0.6) is 0 Å². The maximum atomic E-state index is 5.17. The minimum Gasteiger partial charge on any atom is -0.383 e. The molecular weight excluding hydrogens is 220 g/mol. The number of hydrogen-bond acceptors (Lipinski definition) is 5. The van der Waals surface area contributed by atoms with Crippen molar-refractivity contribution >= 4 is 0 Å². The van der Waals surface area contributed by atoms with Gasteiger partial charge in [0.05, 0.1) is 18.9 Å². The zero-order valence-electron chi connectivity index (χ0n) is 11.2. The van der Waals surface area contributed by atoms with Gasteiger partial charge in [0.15, 0.2) is 0 Å². The third-order valence-electron chi connectivity index (χ3n) is 2.79. The van der Waals surface area contributed by atoms with Crippen LogP contribution in [0, 0.1) is 13.8 Å². The molecule has 5 nitrogen and oxygen atoms in total. The second-order valence-corrected chi connectivity index (χ2v) is 4.06. The fourth-order valence-corrected chi connectivity index (χ4v) is 1.66. The first-order valence-electron chi connectivity index (χ1n) is 5.81. The van der Waals surface area contributed by atoms with Crippen LogP contribution in [0.1, 0.15) is 17.0 Å². The van der Waals surface area contributed by atoms with Gasteiger partial charge >= 0.3 is 0 Å². The lowest BCUT2D eigenvalue weighted by Crippen LogP contribution is -2.30. The molecule has 0 aliphatic heterocycles. The van der Waals surface area contributed by atoms with Gasteiger partial charge < -0.3 is 14.0 Å². The van der Waals surface area contributed by atoms with E-state index in [0.717, 1.165) is 36.7 Å². The van der Waals surface area contributed by atoms with Crippen molar-refractivity contribution in [3.63, 3.8) is 0 Å². The van der Waals surface area contributed by atoms with Crippen molar-refractivity contribution in [3.05, 3.63) is 17.0 Å². The number of aromatic nitrogens is 1. The van der Waals surface area contributed by atoms with Gasteiger partial charge in [0, 0.05) is 39.4 Å². The molecule has 0 unspecified atom stereocenters. The lowest BCUT2D eigenvalue weighted by Gasteiger charge is -2.21. The molecule has 0 aliphatic carbocycles. The van der Waals surface area contributed by atoms with Gasteiger partial charge in [-0.1, -0.05) is 5.16 Å². The molecule has 1 aromatic rings. The molecule has 0 amide bonds. The summed E-state index contributed by atoms with van der Waals surface area (Å²) in [5.74, 6) is 0.891. The Morgan fingerprint density at radius 1 is 1.12 bits per heavy atom. The van der Waals surface area contributed by atoms with Crippen LogP contribution in [0.2, 0.25) is 0 Å². The first kappa shape index (κ1) is 14.2. The van der Waals surface area contributed by atoms with Crippen LogP contribution in [0.4, 0.5) is 0 Å². The van der Waals surface area contributed by atoms with Crippen LogP contribution in [0.25, 0.3) is 0 Å². The van der Waals surface area contributed by atoms with Gasteiger partial charge in [0.25, 0.3) is 0 Å². The Kier molecular flexibility index (Phi) is 6.18. The molecule has 1 aromatic heterocycles. The Balaban J connectivity index is 2.58. The monoisotopic (exact) mass is 242 g/mol. The number of methoxy groups -OCH3 is 2. The molecule has 0 saturated heterocycles. The smallest absolute Gasteiger partial charge is 0.138 e. The van der Waals surface area contributed by atoms with Gasteiger partial charge in [-0.05, 0) is 13.8 Å². The zero-order chi connectivity index (χ0) is 12.7. The maximum absolute atomic E-state index is 5.17. The minimum absolute atomic E-state index is 0.715. The molecule has 0 N–H and O–H groups in total. The summed E-state index contributed by atoms with van der Waals surface area (Å²) in [6.07, 6.45) is 0. The van der Waals surface area contributed by atoms with E-state index in [2.05, 4.69) is 10.1 Å². The molecule has 0 saturated carbocycles. The molecule has 0 spiro atoms. The van der Waals surface area contributed by atoms with Crippen molar-refractivity contribution in [3.8, 4) is 0 Å². The predicted octanol–water partition coefficient (Wildman–Crippen LogP) is 1.39. The lowest BCUT2D eigenvalue weighted by atomic mass is 10.2. The van der Waals surface area contributed by atoms with Gasteiger partial charge in [-0.3, -0.25) is 4.90 Å². The SMILES string of the molecule is COCCN(CCOC)Cc1c(C)noc1C. The molecule has 0 fully saturated rings. The number of ether oxygens (including phenoxy) is 2. The van der Waals surface area contributed by atoms with Crippen LogP contribution >= 0.6 is 0 Å². The molecule has 98 valence electrons. The second-order valence-electron chi connectivity index (χ2n) is 4.06. The highest BCUT2D eigenvalue weighted by Gasteiger charge is 2.13. The Morgan fingerprint density at radius 2 is 1.71 bits per heavy atom. The van der Waals surface area contributed by atoms with Gasteiger partial charge in [-0.15, -0.1) is 0 Å².